The highest BCUT2D eigenvalue weighted by Gasteiger charge is 2.15. The van der Waals surface area contributed by atoms with Crippen molar-refractivity contribution in [3.05, 3.63) is 0 Å². The van der Waals surface area contributed by atoms with Crippen LogP contribution >= 0.6 is 0 Å². The summed E-state index contributed by atoms with van der Waals surface area (Å²) in [4.78, 5) is 22.2. The van der Waals surface area contributed by atoms with E-state index in [2.05, 4.69) is 5.73 Å². The number of rotatable bonds is 6. The minimum atomic E-state index is -2.61. The molecule has 0 saturated carbocycles. The maximum atomic E-state index is 12.0. The van der Waals surface area contributed by atoms with Crippen molar-refractivity contribution in [3.8, 4) is 0 Å². The van der Waals surface area contributed by atoms with Crippen LogP contribution in [0.25, 0.3) is 0 Å². The SMILES string of the molecule is NC(=O)NC(=O)CN(CCO)CC(F)F. The second-order valence-electron chi connectivity index (χ2n) is 2.76. The number of carbonyl (C=O) groups excluding carboxylic acids is 2. The average Bonchev–Trinajstić information content (AvgIpc) is 2.00. The summed E-state index contributed by atoms with van der Waals surface area (Å²) in [5.74, 6) is -0.781. The van der Waals surface area contributed by atoms with Gasteiger partial charge in [-0.05, 0) is 0 Å². The number of hydrogen-bond donors (Lipinski definition) is 3. The zero-order chi connectivity index (χ0) is 11.8. The highest BCUT2D eigenvalue weighted by molar-refractivity contribution is 5.94. The molecular formula is C7H13F2N3O3. The molecule has 88 valence electrons. The molecule has 0 unspecified atom stereocenters. The van der Waals surface area contributed by atoms with Gasteiger partial charge in [0, 0.05) is 6.54 Å². The second kappa shape index (κ2) is 7.07. The predicted molar refractivity (Wildman–Crippen MR) is 47.3 cm³/mol. The number of nitrogens with one attached hydrogen (secondary N) is 1. The number of hydrogen-bond acceptors (Lipinski definition) is 4. The summed E-state index contributed by atoms with van der Waals surface area (Å²) < 4.78 is 23.9. The maximum Gasteiger partial charge on any atom is 0.318 e. The largest absolute Gasteiger partial charge is 0.395 e. The van der Waals surface area contributed by atoms with Crippen LogP contribution in [0.5, 0.6) is 0 Å². The van der Waals surface area contributed by atoms with Gasteiger partial charge in [0.05, 0.1) is 19.7 Å². The van der Waals surface area contributed by atoms with Crippen LogP contribution in [-0.2, 0) is 4.79 Å². The lowest BCUT2D eigenvalue weighted by atomic mass is 10.4. The average molecular weight is 225 g/mol. The lowest BCUT2D eigenvalue weighted by Crippen LogP contribution is -2.44. The van der Waals surface area contributed by atoms with Crippen molar-refractivity contribution in [1.82, 2.24) is 10.2 Å². The van der Waals surface area contributed by atoms with Crippen molar-refractivity contribution in [3.63, 3.8) is 0 Å². The first-order valence-electron chi connectivity index (χ1n) is 4.16. The molecule has 0 aliphatic heterocycles. The van der Waals surface area contributed by atoms with Gasteiger partial charge >= 0.3 is 6.03 Å². The molecule has 0 radical (unpaired) electrons. The van der Waals surface area contributed by atoms with Crippen molar-refractivity contribution >= 4 is 11.9 Å². The molecule has 8 heteroatoms. The van der Waals surface area contributed by atoms with Crippen LogP contribution in [0.3, 0.4) is 0 Å². The number of amides is 3. The van der Waals surface area contributed by atoms with Crippen LogP contribution in [0.1, 0.15) is 0 Å². The molecule has 15 heavy (non-hydrogen) atoms. The van der Waals surface area contributed by atoms with E-state index in [0.717, 1.165) is 4.90 Å². The molecule has 0 atom stereocenters. The predicted octanol–water partition coefficient (Wildman–Crippen LogP) is -1.26. The molecule has 0 saturated heterocycles. The summed E-state index contributed by atoms with van der Waals surface area (Å²) in [6, 6.07) is -1.04. The minimum Gasteiger partial charge on any atom is -0.395 e. The molecule has 4 N–H and O–H groups in total. The number of aliphatic hydroxyl groups is 1. The summed E-state index contributed by atoms with van der Waals surface area (Å²) in [6.07, 6.45) is -2.61. The highest BCUT2D eigenvalue weighted by atomic mass is 19.3. The third kappa shape index (κ3) is 7.77. The molecule has 0 bridgehead atoms. The van der Waals surface area contributed by atoms with E-state index in [-0.39, 0.29) is 13.2 Å². The van der Waals surface area contributed by atoms with Crippen LogP contribution in [0.15, 0.2) is 0 Å². The first-order chi connectivity index (χ1) is 6.95. The van der Waals surface area contributed by atoms with Crippen molar-refractivity contribution in [2.24, 2.45) is 5.73 Å². The first kappa shape index (κ1) is 13.7. The summed E-state index contributed by atoms with van der Waals surface area (Å²) in [5.41, 5.74) is 4.66. The van der Waals surface area contributed by atoms with E-state index >= 15 is 0 Å². The number of urea groups is 1. The number of nitrogens with two attached hydrogens (primary N) is 1. The van der Waals surface area contributed by atoms with Crippen LogP contribution in [0.2, 0.25) is 0 Å². The smallest absolute Gasteiger partial charge is 0.318 e. The Balaban J connectivity index is 4.03. The van der Waals surface area contributed by atoms with Crippen molar-refractivity contribution < 1.29 is 23.5 Å². The number of nitrogens with zero attached hydrogens (tertiary/aromatic N) is 1. The summed E-state index contributed by atoms with van der Waals surface area (Å²) in [7, 11) is 0. The van der Waals surface area contributed by atoms with E-state index in [1.165, 1.54) is 0 Å². The van der Waals surface area contributed by atoms with Gasteiger partial charge in [0.1, 0.15) is 0 Å². The summed E-state index contributed by atoms with van der Waals surface area (Å²) in [5, 5.41) is 10.3. The fourth-order valence-electron chi connectivity index (χ4n) is 0.952. The Bertz CT molecular complexity index is 226. The number of alkyl halides is 2. The van der Waals surface area contributed by atoms with Crippen molar-refractivity contribution in [2.75, 3.05) is 26.2 Å². The molecule has 0 aliphatic carbocycles. The van der Waals surface area contributed by atoms with E-state index in [1.54, 1.807) is 5.32 Å². The monoisotopic (exact) mass is 225 g/mol. The molecule has 0 aliphatic rings. The molecule has 6 nitrogen and oxygen atoms in total. The number of imide groups is 1. The Hall–Kier alpha value is -1.28. The molecule has 0 spiro atoms. The summed E-state index contributed by atoms with van der Waals surface area (Å²) in [6.45, 7) is -1.48. The van der Waals surface area contributed by atoms with Gasteiger partial charge in [-0.2, -0.15) is 0 Å². The first-order valence-corrected chi connectivity index (χ1v) is 4.16. The Morgan fingerprint density at radius 2 is 2.07 bits per heavy atom. The van der Waals surface area contributed by atoms with Crippen molar-refractivity contribution in [2.45, 2.75) is 6.43 Å². The van der Waals surface area contributed by atoms with Gasteiger partial charge in [0.15, 0.2) is 0 Å². The summed E-state index contributed by atoms with van der Waals surface area (Å²) >= 11 is 0. The second-order valence-corrected chi connectivity index (χ2v) is 2.76. The van der Waals surface area contributed by atoms with Gasteiger partial charge in [-0.3, -0.25) is 15.0 Å². The van der Waals surface area contributed by atoms with Gasteiger partial charge in [0.25, 0.3) is 6.43 Å². The standard InChI is InChI=1S/C7H13F2N3O3/c8-5(9)3-12(1-2-13)4-6(14)11-7(10)15/h5,13H,1-4H2,(H3,10,11,14,15). The van der Waals surface area contributed by atoms with E-state index in [0.29, 0.717) is 0 Å². The Morgan fingerprint density at radius 3 is 2.47 bits per heavy atom. The highest BCUT2D eigenvalue weighted by Crippen LogP contribution is 1.97. The van der Waals surface area contributed by atoms with E-state index in [4.69, 9.17) is 5.11 Å². The topological polar surface area (TPSA) is 95.7 Å². The minimum absolute atomic E-state index is 0.0729. The molecule has 0 heterocycles. The van der Waals surface area contributed by atoms with E-state index < -0.39 is 31.5 Å². The fraction of sp³-hybridized carbons (Fsp3) is 0.714. The Morgan fingerprint density at radius 1 is 1.47 bits per heavy atom. The van der Waals surface area contributed by atoms with Gasteiger partial charge in [-0.15, -0.1) is 0 Å². The zero-order valence-corrected chi connectivity index (χ0v) is 7.95. The maximum absolute atomic E-state index is 12.0. The van der Waals surface area contributed by atoms with Gasteiger partial charge in [-0.1, -0.05) is 0 Å². The van der Waals surface area contributed by atoms with Crippen LogP contribution in [0.4, 0.5) is 13.6 Å². The fourth-order valence-corrected chi connectivity index (χ4v) is 0.952. The Kier molecular flexibility index (Phi) is 6.47. The molecule has 0 rings (SSSR count). The third-order valence-corrected chi connectivity index (χ3v) is 1.44. The molecule has 0 aromatic rings. The van der Waals surface area contributed by atoms with Crippen molar-refractivity contribution in [1.29, 1.82) is 0 Å². The van der Waals surface area contributed by atoms with Gasteiger partial charge in [-0.25, -0.2) is 13.6 Å². The number of halogens is 2. The molecule has 3 amide bonds. The quantitative estimate of drug-likeness (QED) is 0.525. The van der Waals surface area contributed by atoms with Crippen LogP contribution in [-0.4, -0.2) is 54.6 Å². The van der Waals surface area contributed by atoms with Gasteiger partial charge in [0.2, 0.25) is 5.91 Å². The normalized spacial score (nSPS) is 10.7. The molecular weight excluding hydrogens is 212 g/mol. The number of primary amides is 1. The van der Waals surface area contributed by atoms with E-state index in [9.17, 15) is 18.4 Å². The van der Waals surface area contributed by atoms with E-state index in [1.807, 2.05) is 0 Å². The van der Waals surface area contributed by atoms with Crippen LogP contribution < -0.4 is 11.1 Å². The van der Waals surface area contributed by atoms with Crippen LogP contribution in [0, 0.1) is 0 Å². The lowest BCUT2D eigenvalue weighted by molar-refractivity contribution is -0.121. The molecule has 0 fully saturated rings. The lowest BCUT2D eigenvalue weighted by Gasteiger charge is -2.19. The number of aliphatic hydroxyl groups excluding tert-OH is 1. The molecule has 0 aromatic carbocycles. The van der Waals surface area contributed by atoms with Gasteiger partial charge < -0.3 is 10.8 Å². The number of carbonyl (C=O) groups is 2. The zero-order valence-electron chi connectivity index (χ0n) is 7.95. The Labute approximate surface area is 85.0 Å². The molecule has 0 aromatic heterocycles. The third-order valence-electron chi connectivity index (χ3n) is 1.44.